The van der Waals surface area contributed by atoms with Crippen LogP contribution in [-0.4, -0.2) is 153 Å². The Morgan fingerprint density at radius 3 is 0.819 bits per heavy atom. The molecule has 15 aromatic rings. The van der Waals surface area contributed by atoms with E-state index >= 15 is 0 Å². The quantitative estimate of drug-likeness (QED) is 0.0358. The lowest BCUT2D eigenvalue weighted by molar-refractivity contribution is 0.00977. The van der Waals surface area contributed by atoms with Gasteiger partial charge in [0.1, 0.15) is 131 Å². The lowest BCUT2D eigenvalue weighted by Crippen LogP contribution is -2.42. The van der Waals surface area contributed by atoms with Crippen molar-refractivity contribution < 1.29 is 122 Å². The monoisotopic (exact) mass is 1950 g/mol. The topological polar surface area (TPSA) is 352 Å². The fourth-order valence-corrected chi connectivity index (χ4v) is 20.0. The van der Waals surface area contributed by atoms with Crippen LogP contribution in [0.4, 0.5) is 0 Å². The van der Waals surface area contributed by atoms with Gasteiger partial charge in [0, 0.05) is 50.6 Å². The number of aliphatic hydroxyl groups is 5. The standard InChI is InChI=1S/C25H26O6.C25H26O4.C24H24O5.C23H22O5.C22H20O5/c1-15-21(26)11-10-19-24(15)31-14-20(16-5-12-22(29-3)23(13-16)30-4)25(19,27)17-6-8-18(28-2)9-7-17;1-16-5-14-22-24(17(16)2)29-15-23(18-6-10-20(27-3)11-7-18)25(22,26)19-8-12-21(28-4)13-9-19;1-15-22(25)13-12-20-23(15)29-14-21(16-4-8-18(27-2)9-5-16)24(20,26)17-6-10-19(28-3)11-7-17;1-14-21(25)12-11-19-22(14)28-13-20(15-3-7-17(24)8-4-15)23(19,26)16-5-9-18(27-2)10-6-16;1-26-18-4-2-3-15(11-18)22(25)19-10-9-17(24)12-21(19)27-13-20(22)14-5-7-16(23)8-6-14/h5-13,20,26-27H,14H2,1-4H3;5-14,23,26H,15H2,1-4H3;4-13,21,25-26H,14H2,1-3H3;3-12,20,24-26H,13H2,1-2H3;2-12,20,23-25H,13H2,1H3. The summed E-state index contributed by atoms with van der Waals surface area (Å²) in [4.78, 5) is 0. The summed E-state index contributed by atoms with van der Waals surface area (Å²) in [5.74, 6) is 7.86. The molecule has 0 bridgehead atoms. The Labute approximate surface area is 836 Å². The molecule has 0 aliphatic carbocycles. The highest BCUT2D eigenvalue weighted by atomic mass is 16.5. The van der Waals surface area contributed by atoms with E-state index in [2.05, 4.69) is 6.92 Å². The number of aryl methyl sites for hydroxylation is 1. The fourth-order valence-electron chi connectivity index (χ4n) is 20.0. The van der Waals surface area contributed by atoms with Gasteiger partial charge in [-0.25, -0.2) is 0 Å². The van der Waals surface area contributed by atoms with Crippen molar-refractivity contribution >= 4 is 0 Å². The second kappa shape index (κ2) is 42.5. The number of aromatic hydroxyl groups is 6. The highest BCUT2D eigenvalue weighted by molar-refractivity contribution is 5.64. The molecule has 0 radical (unpaired) electrons. The summed E-state index contributed by atoms with van der Waals surface area (Å²) in [5.41, 5.74) is 8.46. The van der Waals surface area contributed by atoms with E-state index in [4.69, 9.17) is 66.3 Å². The van der Waals surface area contributed by atoms with E-state index in [1.807, 2.05) is 201 Å². The van der Waals surface area contributed by atoms with E-state index < -0.39 is 45.8 Å². The number of fused-ring (bicyclic) bond motifs is 5. The molecule has 5 heterocycles. The zero-order valence-electron chi connectivity index (χ0n) is 82.4. The maximum Gasteiger partial charge on any atom is 0.161 e. The van der Waals surface area contributed by atoms with E-state index in [0.29, 0.717) is 120 Å². The van der Waals surface area contributed by atoms with Gasteiger partial charge in [-0.15, -0.1) is 0 Å². The summed E-state index contributed by atoms with van der Waals surface area (Å²) in [7, 11) is 14.5. The van der Waals surface area contributed by atoms with Gasteiger partial charge in [-0.3, -0.25) is 0 Å². The first-order chi connectivity index (χ1) is 69.4. The van der Waals surface area contributed by atoms with Crippen molar-refractivity contribution in [1.82, 2.24) is 0 Å². The molecule has 0 aromatic heterocycles. The lowest BCUT2D eigenvalue weighted by atomic mass is 9.71. The summed E-state index contributed by atoms with van der Waals surface area (Å²) in [5, 5.41) is 120. The largest absolute Gasteiger partial charge is 0.508 e. The van der Waals surface area contributed by atoms with Gasteiger partial charge in [0.2, 0.25) is 0 Å². The highest BCUT2D eigenvalue weighted by Crippen LogP contribution is 2.59. The molecular weight excluding hydrogens is 1830 g/mol. The number of methoxy groups -OCH3 is 9. The maximum absolute atomic E-state index is 12.3. The predicted octanol–water partition coefficient (Wildman–Crippen LogP) is 20.3. The van der Waals surface area contributed by atoms with Gasteiger partial charge in [-0.1, -0.05) is 127 Å². The van der Waals surface area contributed by atoms with Crippen molar-refractivity contribution in [2.45, 2.75) is 92.2 Å². The van der Waals surface area contributed by atoms with Gasteiger partial charge in [-0.05, 0) is 271 Å². The molecule has 144 heavy (non-hydrogen) atoms. The number of ether oxygens (including phenoxy) is 14. The Morgan fingerprint density at radius 1 is 0.222 bits per heavy atom. The number of hydrogen-bond acceptors (Lipinski definition) is 25. The molecule has 10 unspecified atom stereocenters. The smallest absolute Gasteiger partial charge is 0.161 e. The highest BCUT2D eigenvalue weighted by Gasteiger charge is 2.53. The van der Waals surface area contributed by atoms with Crippen molar-refractivity contribution in [2.24, 2.45) is 0 Å². The zero-order valence-corrected chi connectivity index (χ0v) is 82.4. The summed E-state index contributed by atoms with van der Waals surface area (Å²) < 4.78 is 78.1. The SMILES string of the molecule is COc1ccc(C2(O)c3ccc(O)c(C)c3OCC2c2ccc(O)cc2)cc1.COc1ccc(C2(O)c3ccc(O)c(C)c3OCC2c2ccc(OC)c(OC)c2)cc1.COc1ccc(C2COc3c(ccc(C)c3C)C2(O)c2ccc(OC)cc2)cc1.COc1ccc(C2COc3c(ccc(O)c3C)C2(O)c2ccc(OC)cc2)cc1.COc1cccc(C2(O)c3ccc(O)cc3OCC2c2ccc(O)cc2)c1. The average Bonchev–Trinajstić information content (AvgIpc) is 0.779. The molecule has 5 aliphatic rings. The molecule has 0 saturated heterocycles. The van der Waals surface area contributed by atoms with E-state index in [1.165, 1.54) is 12.1 Å². The maximum atomic E-state index is 12.3. The first kappa shape index (κ1) is 101. The van der Waals surface area contributed by atoms with Crippen molar-refractivity contribution in [2.75, 3.05) is 97.0 Å². The number of phenolic OH excluding ortho intramolecular Hbond substituents is 6. The van der Waals surface area contributed by atoms with E-state index in [1.54, 1.807) is 182 Å². The molecule has 25 nitrogen and oxygen atoms in total. The van der Waals surface area contributed by atoms with Crippen LogP contribution < -0.4 is 66.3 Å². The molecular formula is C119H118O25. The van der Waals surface area contributed by atoms with Crippen molar-refractivity contribution in [3.63, 3.8) is 0 Å². The molecule has 20 rings (SSSR count). The number of rotatable bonds is 19. The third kappa shape index (κ3) is 19.1. The van der Waals surface area contributed by atoms with Crippen LogP contribution in [0.5, 0.6) is 115 Å². The fraction of sp³-hybridized carbons (Fsp3) is 0.244. The van der Waals surface area contributed by atoms with Gasteiger partial charge in [-0.2, -0.15) is 0 Å². The van der Waals surface area contributed by atoms with Gasteiger partial charge < -0.3 is 122 Å². The molecule has 0 saturated carbocycles. The second-order valence-electron chi connectivity index (χ2n) is 36.0. The molecule has 25 heteroatoms. The van der Waals surface area contributed by atoms with Crippen LogP contribution in [0.3, 0.4) is 0 Å². The minimum Gasteiger partial charge on any atom is -0.508 e. The van der Waals surface area contributed by atoms with E-state index in [0.717, 1.165) is 78.6 Å². The molecule has 0 spiro atoms. The normalized spacial score (nSPS) is 20.6. The third-order valence-corrected chi connectivity index (χ3v) is 28.4. The molecule has 15 aromatic carbocycles. The predicted molar refractivity (Wildman–Crippen MR) is 545 cm³/mol. The molecule has 0 fully saturated rings. The van der Waals surface area contributed by atoms with Crippen LogP contribution in [0.2, 0.25) is 0 Å². The van der Waals surface area contributed by atoms with Crippen LogP contribution in [0.15, 0.2) is 303 Å². The van der Waals surface area contributed by atoms with Crippen LogP contribution in [0.1, 0.15) is 141 Å². The van der Waals surface area contributed by atoms with Gasteiger partial charge >= 0.3 is 0 Å². The van der Waals surface area contributed by atoms with Gasteiger partial charge in [0.15, 0.2) is 11.5 Å². The summed E-state index contributed by atoms with van der Waals surface area (Å²) in [6.07, 6.45) is 0. The second-order valence-corrected chi connectivity index (χ2v) is 36.0. The Bertz CT molecular complexity index is 6860. The Balaban J connectivity index is 0.000000129. The Hall–Kier alpha value is -15.9. The Morgan fingerprint density at radius 2 is 0.493 bits per heavy atom. The lowest BCUT2D eigenvalue weighted by Gasteiger charge is -2.42. The van der Waals surface area contributed by atoms with Crippen LogP contribution >= 0.6 is 0 Å². The third-order valence-electron chi connectivity index (χ3n) is 28.4. The number of hydrogen-bond donors (Lipinski definition) is 11. The van der Waals surface area contributed by atoms with Crippen LogP contribution in [-0.2, 0) is 28.0 Å². The first-order valence-corrected chi connectivity index (χ1v) is 46.9. The number of benzene rings is 15. The molecule has 11 N–H and O–H groups in total. The average molecular weight is 1950 g/mol. The van der Waals surface area contributed by atoms with Crippen molar-refractivity contribution in [3.8, 4) is 115 Å². The van der Waals surface area contributed by atoms with E-state index in [-0.39, 0.29) is 72.8 Å². The van der Waals surface area contributed by atoms with Crippen molar-refractivity contribution in [1.29, 1.82) is 0 Å². The number of phenols is 6. The molecule has 10 atom stereocenters. The van der Waals surface area contributed by atoms with E-state index in [9.17, 15) is 56.2 Å². The minimum atomic E-state index is -1.40. The van der Waals surface area contributed by atoms with Gasteiger partial charge in [0.25, 0.3) is 0 Å². The summed E-state index contributed by atoms with van der Waals surface area (Å²) in [6, 6.07) is 90.2. The summed E-state index contributed by atoms with van der Waals surface area (Å²) in [6.45, 7) is 10.7. The van der Waals surface area contributed by atoms with Crippen LogP contribution in [0.25, 0.3) is 0 Å². The molecule has 744 valence electrons. The Kier molecular flexibility index (Phi) is 29.8. The zero-order chi connectivity index (χ0) is 102. The minimum absolute atomic E-state index is 0.0739. The summed E-state index contributed by atoms with van der Waals surface area (Å²) >= 11 is 0. The van der Waals surface area contributed by atoms with Crippen LogP contribution in [0, 0.1) is 34.6 Å². The first-order valence-electron chi connectivity index (χ1n) is 46.9. The molecule has 0 amide bonds. The molecule has 5 aliphatic heterocycles. The van der Waals surface area contributed by atoms with Crippen molar-refractivity contribution in [3.05, 3.63) is 415 Å². The van der Waals surface area contributed by atoms with Gasteiger partial charge in [0.05, 0.1) is 127 Å².